The van der Waals surface area contributed by atoms with Gasteiger partial charge >= 0.3 is 0 Å². The third-order valence-corrected chi connectivity index (χ3v) is 5.18. The van der Waals surface area contributed by atoms with Crippen LogP contribution in [0.1, 0.15) is 43.0 Å². The van der Waals surface area contributed by atoms with Gasteiger partial charge in [-0.2, -0.15) is 0 Å². The van der Waals surface area contributed by atoms with Gasteiger partial charge in [-0.25, -0.2) is 4.98 Å². The maximum absolute atomic E-state index is 13.3. The fraction of sp³-hybridized carbons (Fsp3) is 0.476. The van der Waals surface area contributed by atoms with Gasteiger partial charge in [0.1, 0.15) is 6.54 Å². The Balaban J connectivity index is 2.22. The minimum Gasteiger partial charge on any atom is -0.493 e. The number of aromatic nitrogens is 1. The number of ether oxygens (including phenoxy) is 3. The predicted molar refractivity (Wildman–Crippen MR) is 117 cm³/mol. The van der Waals surface area contributed by atoms with Crippen LogP contribution in [0.5, 0.6) is 17.2 Å². The number of nitrogens with zero attached hydrogens (tertiary/aromatic N) is 2. The molecule has 30 heavy (non-hydrogen) atoms. The van der Waals surface area contributed by atoms with Gasteiger partial charge in [-0.05, 0) is 18.6 Å². The molecule has 1 aromatic heterocycles. The van der Waals surface area contributed by atoms with Gasteiger partial charge in [-0.15, -0.1) is 11.3 Å². The highest BCUT2D eigenvalue weighted by atomic mass is 32.1. The Morgan fingerprint density at radius 2 is 1.77 bits per heavy atom. The summed E-state index contributed by atoms with van der Waals surface area (Å²) in [6.45, 7) is 2.53. The maximum atomic E-state index is 13.3. The topological polar surface area (TPSA) is 90.0 Å². The molecule has 0 atom stereocenters. The summed E-state index contributed by atoms with van der Waals surface area (Å²) in [5, 5.41) is 5.01. The predicted octanol–water partition coefficient (Wildman–Crippen LogP) is 3.83. The minimum atomic E-state index is -0.291. The van der Waals surface area contributed by atoms with Crippen LogP contribution < -0.4 is 19.5 Å². The lowest BCUT2D eigenvalue weighted by molar-refractivity contribution is -0.116. The summed E-state index contributed by atoms with van der Waals surface area (Å²) < 4.78 is 16.0. The smallest absolute Gasteiger partial charge is 0.254 e. The quantitative estimate of drug-likeness (QED) is 0.510. The second kappa shape index (κ2) is 12.0. The third kappa shape index (κ3) is 6.35. The number of unbranched alkanes of at least 4 members (excludes halogenated alkanes) is 3. The number of carbonyl (C=O) groups excluding carboxylic acids is 2. The van der Waals surface area contributed by atoms with E-state index in [-0.39, 0.29) is 18.4 Å². The number of nitrogens with one attached hydrogen (secondary N) is 1. The van der Waals surface area contributed by atoms with Crippen molar-refractivity contribution in [2.24, 2.45) is 0 Å². The molecule has 0 aliphatic carbocycles. The lowest BCUT2D eigenvalue weighted by Gasteiger charge is -2.23. The summed E-state index contributed by atoms with van der Waals surface area (Å²) in [6, 6.07) is 3.20. The summed E-state index contributed by atoms with van der Waals surface area (Å²) in [5.74, 6) is 0.616. The van der Waals surface area contributed by atoms with Crippen LogP contribution in [0.15, 0.2) is 23.7 Å². The summed E-state index contributed by atoms with van der Waals surface area (Å²) in [5.41, 5.74) is 0.363. The zero-order valence-corrected chi connectivity index (χ0v) is 18.7. The average molecular weight is 436 g/mol. The maximum Gasteiger partial charge on any atom is 0.254 e. The molecule has 0 unspecified atom stereocenters. The van der Waals surface area contributed by atoms with Crippen molar-refractivity contribution in [1.29, 1.82) is 0 Å². The molecule has 1 N–H and O–H groups in total. The molecule has 2 rings (SSSR count). The molecule has 1 aromatic carbocycles. The van der Waals surface area contributed by atoms with Crippen LogP contribution >= 0.6 is 11.3 Å². The number of rotatable bonds is 12. The molecule has 0 spiro atoms. The number of hydrogen-bond acceptors (Lipinski definition) is 7. The molecule has 2 amide bonds. The van der Waals surface area contributed by atoms with E-state index in [1.807, 2.05) is 0 Å². The zero-order valence-electron chi connectivity index (χ0n) is 17.9. The Labute approximate surface area is 181 Å². The zero-order chi connectivity index (χ0) is 21.9. The number of carbonyl (C=O) groups is 2. The Kier molecular flexibility index (Phi) is 9.40. The summed E-state index contributed by atoms with van der Waals surface area (Å²) in [7, 11) is 4.50. The van der Waals surface area contributed by atoms with Crippen LogP contribution in [-0.4, -0.2) is 56.1 Å². The van der Waals surface area contributed by atoms with E-state index in [0.717, 1.165) is 25.7 Å². The van der Waals surface area contributed by atoms with Crippen molar-refractivity contribution in [3.8, 4) is 17.2 Å². The molecule has 2 aromatic rings. The van der Waals surface area contributed by atoms with Crippen LogP contribution in [0.4, 0.5) is 5.13 Å². The largest absolute Gasteiger partial charge is 0.493 e. The van der Waals surface area contributed by atoms with Crippen molar-refractivity contribution >= 4 is 28.3 Å². The molecular formula is C21H29N3O5S. The first-order valence-electron chi connectivity index (χ1n) is 9.82. The third-order valence-electron chi connectivity index (χ3n) is 4.49. The number of anilines is 1. The first kappa shape index (κ1) is 23.5. The molecule has 1 heterocycles. The highest BCUT2D eigenvalue weighted by Crippen LogP contribution is 2.38. The van der Waals surface area contributed by atoms with E-state index in [2.05, 4.69) is 17.2 Å². The van der Waals surface area contributed by atoms with Gasteiger partial charge in [0.2, 0.25) is 11.7 Å². The lowest BCUT2D eigenvalue weighted by atomic mass is 10.1. The van der Waals surface area contributed by atoms with Crippen molar-refractivity contribution in [3.63, 3.8) is 0 Å². The first-order chi connectivity index (χ1) is 14.5. The molecule has 0 saturated carbocycles. The average Bonchev–Trinajstić information content (AvgIpc) is 3.27. The second-order valence-electron chi connectivity index (χ2n) is 6.59. The van der Waals surface area contributed by atoms with Gasteiger partial charge in [0.15, 0.2) is 16.6 Å². The van der Waals surface area contributed by atoms with Crippen molar-refractivity contribution in [2.75, 3.05) is 39.7 Å². The van der Waals surface area contributed by atoms with Crippen molar-refractivity contribution in [1.82, 2.24) is 9.88 Å². The summed E-state index contributed by atoms with van der Waals surface area (Å²) in [4.78, 5) is 31.3. The standard InChI is InChI=1S/C21H29N3O5S/c1-5-6-7-8-10-24(14-18(25)23-21-22-9-11-30-21)20(26)15-12-16(27-2)19(29-4)17(13-15)28-3/h9,11-13H,5-8,10,14H2,1-4H3,(H,22,23,25). The van der Waals surface area contributed by atoms with Gasteiger partial charge < -0.3 is 24.4 Å². The van der Waals surface area contributed by atoms with Crippen molar-refractivity contribution in [3.05, 3.63) is 29.3 Å². The fourth-order valence-electron chi connectivity index (χ4n) is 2.99. The number of hydrogen-bond donors (Lipinski definition) is 1. The van der Waals surface area contributed by atoms with Gasteiger partial charge in [0.05, 0.1) is 21.3 Å². The molecule has 9 heteroatoms. The first-order valence-corrected chi connectivity index (χ1v) is 10.7. The highest BCUT2D eigenvalue weighted by molar-refractivity contribution is 7.13. The number of amides is 2. The molecule has 0 saturated heterocycles. The Hall–Kier alpha value is -2.81. The van der Waals surface area contributed by atoms with E-state index in [9.17, 15) is 9.59 Å². The molecule has 0 bridgehead atoms. The van der Waals surface area contributed by atoms with Crippen LogP contribution in [0, 0.1) is 0 Å². The van der Waals surface area contributed by atoms with E-state index < -0.39 is 0 Å². The Bertz CT molecular complexity index is 801. The molecule has 0 aliphatic heterocycles. The monoisotopic (exact) mass is 435 g/mol. The van der Waals surface area contributed by atoms with Gasteiger partial charge in [-0.3, -0.25) is 9.59 Å². The molecule has 164 valence electrons. The fourth-order valence-corrected chi connectivity index (χ4v) is 3.53. The highest BCUT2D eigenvalue weighted by Gasteiger charge is 2.23. The van der Waals surface area contributed by atoms with Gasteiger partial charge in [0.25, 0.3) is 5.91 Å². The second-order valence-corrected chi connectivity index (χ2v) is 7.48. The molecule has 0 aliphatic rings. The van der Waals surface area contributed by atoms with Crippen molar-refractivity contribution < 1.29 is 23.8 Å². The normalized spacial score (nSPS) is 10.4. The van der Waals surface area contributed by atoms with Crippen LogP contribution in [-0.2, 0) is 4.79 Å². The van der Waals surface area contributed by atoms with Gasteiger partial charge in [0, 0.05) is 23.7 Å². The van der Waals surface area contributed by atoms with E-state index in [1.54, 1.807) is 28.6 Å². The number of thiazole rings is 1. The molecule has 8 nitrogen and oxygen atoms in total. The van der Waals surface area contributed by atoms with Crippen LogP contribution in [0.25, 0.3) is 0 Å². The number of benzene rings is 1. The van der Waals surface area contributed by atoms with E-state index in [0.29, 0.717) is 34.5 Å². The van der Waals surface area contributed by atoms with Crippen molar-refractivity contribution in [2.45, 2.75) is 32.6 Å². The molecule has 0 radical (unpaired) electrons. The Morgan fingerprint density at radius 3 is 2.30 bits per heavy atom. The SMILES string of the molecule is CCCCCCN(CC(=O)Nc1nccs1)C(=O)c1cc(OC)c(OC)c(OC)c1. The lowest BCUT2D eigenvalue weighted by Crippen LogP contribution is -2.38. The van der Waals surface area contributed by atoms with E-state index in [4.69, 9.17) is 14.2 Å². The van der Waals surface area contributed by atoms with E-state index >= 15 is 0 Å². The minimum absolute atomic E-state index is 0.0683. The molecular weight excluding hydrogens is 406 g/mol. The number of methoxy groups -OCH3 is 3. The van der Waals surface area contributed by atoms with Crippen LogP contribution in [0.2, 0.25) is 0 Å². The Morgan fingerprint density at radius 1 is 1.07 bits per heavy atom. The van der Waals surface area contributed by atoms with Crippen LogP contribution in [0.3, 0.4) is 0 Å². The molecule has 0 fully saturated rings. The van der Waals surface area contributed by atoms with E-state index in [1.165, 1.54) is 32.7 Å². The summed E-state index contributed by atoms with van der Waals surface area (Å²) >= 11 is 1.33. The summed E-state index contributed by atoms with van der Waals surface area (Å²) in [6.07, 6.45) is 5.59. The van der Waals surface area contributed by atoms with Gasteiger partial charge in [-0.1, -0.05) is 26.2 Å².